The van der Waals surface area contributed by atoms with Crippen molar-refractivity contribution < 1.29 is 14.1 Å². The molecule has 0 aliphatic rings. The van der Waals surface area contributed by atoms with E-state index in [-0.39, 0.29) is 22.8 Å². The summed E-state index contributed by atoms with van der Waals surface area (Å²) < 4.78 is 5.33. The number of benzene rings is 1. The molecular formula is C13H12ClN3O4. The maximum atomic E-state index is 11.9. The van der Waals surface area contributed by atoms with Gasteiger partial charge in [0.15, 0.2) is 0 Å². The smallest absolute Gasteiger partial charge is 0.288 e. The van der Waals surface area contributed by atoms with Gasteiger partial charge in [-0.15, -0.1) is 0 Å². The summed E-state index contributed by atoms with van der Waals surface area (Å²) >= 11 is 5.69. The average Bonchev–Trinajstić information content (AvgIpc) is 2.75. The van der Waals surface area contributed by atoms with Crippen LogP contribution in [0.3, 0.4) is 0 Å². The van der Waals surface area contributed by atoms with Crippen molar-refractivity contribution in [3.8, 4) is 0 Å². The number of nitro benzene ring substituents is 1. The highest BCUT2D eigenvalue weighted by Gasteiger charge is 2.16. The Morgan fingerprint density at radius 1 is 1.48 bits per heavy atom. The predicted octanol–water partition coefficient (Wildman–Crippen LogP) is 2.78. The number of hydrogen-bond acceptors (Lipinski definition) is 5. The van der Waals surface area contributed by atoms with Gasteiger partial charge in [-0.25, -0.2) is 4.98 Å². The normalized spacial score (nSPS) is 10.4. The topological polar surface area (TPSA) is 98.3 Å². The van der Waals surface area contributed by atoms with E-state index >= 15 is 0 Å². The van der Waals surface area contributed by atoms with E-state index in [1.165, 1.54) is 12.1 Å². The van der Waals surface area contributed by atoms with Gasteiger partial charge in [0.2, 0.25) is 5.89 Å². The van der Waals surface area contributed by atoms with Crippen molar-refractivity contribution in [2.45, 2.75) is 20.4 Å². The predicted molar refractivity (Wildman–Crippen MR) is 75.3 cm³/mol. The number of carbonyl (C=O) groups is 1. The Labute approximate surface area is 125 Å². The Bertz CT molecular complexity index is 692. The average molecular weight is 310 g/mol. The van der Waals surface area contributed by atoms with Gasteiger partial charge in [-0.2, -0.15) is 0 Å². The second kappa shape index (κ2) is 5.92. The molecule has 1 aromatic heterocycles. The molecular weight excluding hydrogens is 298 g/mol. The second-order valence-electron chi connectivity index (χ2n) is 4.36. The molecule has 110 valence electrons. The Morgan fingerprint density at radius 3 is 2.76 bits per heavy atom. The number of oxazole rings is 1. The van der Waals surface area contributed by atoms with Crippen LogP contribution in [0.2, 0.25) is 5.02 Å². The molecule has 0 bridgehead atoms. The van der Waals surface area contributed by atoms with Crippen LogP contribution in [0.15, 0.2) is 22.6 Å². The van der Waals surface area contributed by atoms with Gasteiger partial charge in [0.25, 0.3) is 11.6 Å². The molecule has 1 N–H and O–H groups in total. The fourth-order valence-corrected chi connectivity index (χ4v) is 1.85. The number of rotatable bonds is 4. The highest BCUT2D eigenvalue weighted by molar-refractivity contribution is 6.32. The third-order valence-corrected chi connectivity index (χ3v) is 3.20. The van der Waals surface area contributed by atoms with Crippen LogP contribution in [-0.4, -0.2) is 15.8 Å². The van der Waals surface area contributed by atoms with Gasteiger partial charge in [-0.1, -0.05) is 11.6 Å². The van der Waals surface area contributed by atoms with E-state index in [0.29, 0.717) is 11.7 Å². The van der Waals surface area contributed by atoms with E-state index in [2.05, 4.69) is 10.3 Å². The monoisotopic (exact) mass is 309 g/mol. The molecule has 0 spiro atoms. The van der Waals surface area contributed by atoms with E-state index in [4.69, 9.17) is 16.0 Å². The fourth-order valence-electron chi connectivity index (χ4n) is 1.67. The third kappa shape index (κ3) is 3.38. The van der Waals surface area contributed by atoms with Crippen molar-refractivity contribution in [2.75, 3.05) is 0 Å². The van der Waals surface area contributed by atoms with Crippen molar-refractivity contribution in [1.29, 1.82) is 0 Å². The zero-order valence-corrected chi connectivity index (χ0v) is 12.1. The van der Waals surface area contributed by atoms with E-state index in [9.17, 15) is 14.9 Å². The summed E-state index contributed by atoms with van der Waals surface area (Å²) in [7, 11) is 0. The minimum absolute atomic E-state index is 0.0181. The van der Waals surface area contributed by atoms with Crippen LogP contribution in [0.25, 0.3) is 0 Å². The number of nitro groups is 1. The lowest BCUT2D eigenvalue weighted by molar-refractivity contribution is -0.384. The molecule has 8 heteroatoms. The standard InChI is InChI=1S/C13H12ClN3O4/c1-7-8(2)21-12(16-7)6-15-13(18)9-3-4-10(14)11(5-9)17(19)20/h3-5H,6H2,1-2H3,(H,15,18). The Balaban J connectivity index is 2.10. The number of aryl methyl sites for hydroxylation is 2. The molecule has 2 aromatic rings. The summed E-state index contributed by atoms with van der Waals surface area (Å²) in [5.41, 5.74) is 0.583. The molecule has 0 aliphatic heterocycles. The lowest BCUT2D eigenvalue weighted by Gasteiger charge is -2.03. The summed E-state index contributed by atoms with van der Waals surface area (Å²) in [6.07, 6.45) is 0. The van der Waals surface area contributed by atoms with Gasteiger partial charge in [0.05, 0.1) is 17.2 Å². The SMILES string of the molecule is Cc1nc(CNC(=O)c2ccc(Cl)c([N+](=O)[O-])c2)oc1C. The van der Waals surface area contributed by atoms with Crippen LogP contribution >= 0.6 is 11.6 Å². The maximum Gasteiger partial charge on any atom is 0.288 e. The Hall–Kier alpha value is -2.41. The molecule has 0 fully saturated rings. The molecule has 0 aliphatic carbocycles. The van der Waals surface area contributed by atoms with Crippen molar-refractivity contribution in [3.63, 3.8) is 0 Å². The van der Waals surface area contributed by atoms with Crippen molar-refractivity contribution in [2.24, 2.45) is 0 Å². The first-order valence-electron chi connectivity index (χ1n) is 6.03. The number of nitrogens with zero attached hydrogens (tertiary/aromatic N) is 2. The number of nitrogens with one attached hydrogen (secondary N) is 1. The van der Waals surface area contributed by atoms with Crippen molar-refractivity contribution >= 4 is 23.2 Å². The van der Waals surface area contributed by atoms with E-state index < -0.39 is 10.8 Å². The van der Waals surface area contributed by atoms with Gasteiger partial charge < -0.3 is 9.73 Å². The lowest BCUT2D eigenvalue weighted by atomic mass is 10.2. The first kappa shape index (κ1) is 15.0. The second-order valence-corrected chi connectivity index (χ2v) is 4.76. The van der Waals surface area contributed by atoms with Crippen LogP contribution < -0.4 is 5.32 Å². The van der Waals surface area contributed by atoms with Crippen LogP contribution in [0.5, 0.6) is 0 Å². The zero-order valence-electron chi connectivity index (χ0n) is 11.3. The van der Waals surface area contributed by atoms with E-state index in [1.54, 1.807) is 13.8 Å². The van der Waals surface area contributed by atoms with Gasteiger partial charge in [0, 0.05) is 11.6 Å². The number of carbonyl (C=O) groups excluding carboxylic acids is 1. The fraction of sp³-hybridized carbons (Fsp3) is 0.231. The molecule has 1 amide bonds. The van der Waals surface area contributed by atoms with E-state index in [1.807, 2.05) is 0 Å². The van der Waals surface area contributed by atoms with Crippen molar-refractivity contribution in [1.82, 2.24) is 10.3 Å². The molecule has 0 saturated carbocycles. The quantitative estimate of drug-likeness (QED) is 0.691. The Kier molecular flexibility index (Phi) is 4.23. The largest absolute Gasteiger partial charge is 0.444 e. The van der Waals surface area contributed by atoms with Gasteiger partial charge in [0.1, 0.15) is 10.8 Å². The molecule has 2 rings (SSSR count). The van der Waals surface area contributed by atoms with Gasteiger partial charge in [-0.3, -0.25) is 14.9 Å². The third-order valence-electron chi connectivity index (χ3n) is 2.88. The summed E-state index contributed by atoms with van der Waals surface area (Å²) in [6, 6.07) is 3.86. The first-order valence-corrected chi connectivity index (χ1v) is 6.41. The number of hydrogen-bond donors (Lipinski definition) is 1. The molecule has 0 atom stereocenters. The maximum absolute atomic E-state index is 11.9. The van der Waals surface area contributed by atoms with Crippen LogP contribution in [0, 0.1) is 24.0 Å². The first-order chi connectivity index (χ1) is 9.88. The molecule has 1 heterocycles. The van der Waals surface area contributed by atoms with Crippen LogP contribution in [0.4, 0.5) is 5.69 Å². The highest BCUT2D eigenvalue weighted by Crippen LogP contribution is 2.25. The number of aromatic nitrogens is 1. The zero-order chi connectivity index (χ0) is 15.6. The molecule has 21 heavy (non-hydrogen) atoms. The number of amides is 1. The minimum atomic E-state index is -0.639. The molecule has 0 saturated heterocycles. The molecule has 0 unspecified atom stereocenters. The summed E-state index contributed by atoms with van der Waals surface area (Å²) in [5.74, 6) is 0.589. The number of halogens is 1. The summed E-state index contributed by atoms with van der Waals surface area (Å²) in [4.78, 5) is 26.2. The van der Waals surface area contributed by atoms with Crippen molar-refractivity contribution in [3.05, 3.63) is 56.2 Å². The lowest BCUT2D eigenvalue weighted by Crippen LogP contribution is -2.23. The summed E-state index contributed by atoms with van der Waals surface area (Å²) in [5, 5.41) is 13.3. The molecule has 1 aromatic carbocycles. The Morgan fingerprint density at radius 2 is 2.19 bits per heavy atom. The molecule has 7 nitrogen and oxygen atoms in total. The van der Waals surface area contributed by atoms with Crippen LogP contribution in [-0.2, 0) is 6.54 Å². The minimum Gasteiger partial charge on any atom is -0.444 e. The highest BCUT2D eigenvalue weighted by atomic mass is 35.5. The molecule has 0 radical (unpaired) electrons. The summed E-state index contributed by atoms with van der Waals surface area (Å²) in [6.45, 7) is 3.67. The van der Waals surface area contributed by atoms with E-state index in [0.717, 1.165) is 11.8 Å². The van der Waals surface area contributed by atoms with Gasteiger partial charge >= 0.3 is 0 Å². The van der Waals surface area contributed by atoms with Gasteiger partial charge in [-0.05, 0) is 26.0 Å². The van der Waals surface area contributed by atoms with Crippen LogP contribution in [0.1, 0.15) is 27.7 Å².